The lowest BCUT2D eigenvalue weighted by molar-refractivity contribution is 0.101. The number of Topliss-reactive ketones (excluding diaryl/α,β-unsaturated/α-hetero) is 1. The number of phosphoric ester groups is 2. The number of hydrogen-bond acceptors (Lipinski definition) is 12. The monoisotopic (exact) mass is 680 g/mol. The molecule has 0 radical (unpaired) electrons. The SMILES string of the molecule is CCOP(=O)(OCC)Oc1cc2c(c(OP(=O)(OCC)OCC)c1)C(=O)/C(=C/c1cn(CCCN(C)C)c3ccc(OC)cc13)O2. The van der Waals surface area contributed by atoms with Gasteiger partial charge in [0.15, 0.2) is 5.76 Å². The summed E-state index contributed by atoms with van der Waals surface area (Å²) in [5, 5.41) is 0.858. The standard InChI is InChI=1S/C31H42N2O11P2/c1-8-38-45(35,39-9-2)43-24-19-27-30(28(20-24)44-46(36,40-10-3)41-11-4)31(34)29(42-27)17-22-21-33(16-12-15-32(5)6)26-14-13-23(37-7)18-25(22)26/h13-14,17-21H,8-12,15-16H2,1-7H3/b29-17-. The van der Waals surface area contributed by atoms with Crippen LogP contribution < -0.4 is 18.5 Å². The smallest absolute Gasteiger partial charge is 0.497 e. The van der Waals surface area contributed by atoms with E-state index in [1.54, 1.807) is 40.9 Å². The molecule has 46 heavy (non-hydrogen) atoms. The van der Waals surface area contributed by atoms with Crippen LogP contribution in [0.1, 0.15) is 50.0 Å². The maximum absolute atomic E-state index is 13.9. The Morgan fingerprint density at radius 1 is 0.870 bits per heavy atom. The molecule has 13 nitrogen and oxygen atoms in total. The maximum atomic E-state index is 13.9. The van der Waals surface area contributed by atoms with Crippen molar-refractivity contribution in [1.29, 1.82) is 0 Å². The zero-order valence-corrected chi connectivity index (χ0v) is 29.1. The number of phosphoric acid groups is 2. The fourth-order valence-corrected chi connectivity index (χ4v) is 7.24. The van der Waals surface area contributed by atoms with Gasteiger partial charge in [0.2, 0.25) is 5.78 Å². The molecule has 3 aromatic rings. The Morgan fingerprint density at radius 3 is 2.09 bits per heavy atom. The third kappa shape index (κ3) is 8.41. The van der Waals surface area contributed by atoms with Crippen LogP contribution >= 0.6 is 15.6 Å². The second-order valence-corrected chi connectivity index (χ2v) is 13.5. The number of ketones is 1. The number of nitrogens with zero attached hydrogens (tertiary/aromatic N) is 2. The Bertz CT molecular complexity index is 1650. The van der Waals surface area contributed by atoms with E-state index in [0.717, 1.165) is 36.0 Å². The number of fused-ring (bicyclic) bond motifs is 2. The highest BCUT2D eigenvalue weighted by Gasteiger charge is 2.38. The largest absolute Gasteiger partial charge is 0.530 e. The molecule has 0 fully saturated rings. The van der Waals surface area contributed by atoms with Crippen molar-refractivity contribution < 1.29 is 50.5 Å². The van der Waals surface area contributed by atoms with Gasteiger partial charge in [-0.05, 0) is 79.0 Å². The molecule has 1 aliphatic heterocycles. The predicted octanol–water partition coefficient (Wildman–Crippen LogP) is 7.34. The summed E-state index contributed by atoms with van der Waals surface area (Å²) in [6.07, 6.45) is 4.50. The van der Waals surface area contributed by atoms with Crippen LogP contribution in [-0.2, 0) is 33.8 Å². The molecule has 0 N–H and O–H groups in total. The number of aromatic nitrogens is 1. The molecule has 2 aromatic carbocycles. The van der Waals surface area contributed by atoms with E-state index in [4.69, 9.17) is 36.6 Å². The number of carbonyl (C=O) groups excluding carboxylic acids is 1. The number of hydrogen-bond donors (Lipinski definition) is 0. The molecule has 2 heterocycles. The van der Waals surface area contributed by atoms with Gasteiger partial charge in [0.1, 0.15) is 28.6 Å². The Kier molecular flexibility index (Phi) is 12.1. The Labute approximate surface area is 269 Å². The van der Waals surface area contributed by atoms with Crippen LogP contribution in [-0.4, -0.2) is 69.4 Å². The van der Waals surface area contributed by atoms with Gasteiger partial charge in [-0.3, -0.25) is 22.9 Å². The van der Waals surface area contributed by atoms with Gasteiger partial charge in [-0.1, -0.05) is 0 Å². The molecule has 1 aliphatic rings. The number of aryl methyl sites for hydroxylation is 1. The Hall–Kier alpha value is -3.15. The van der Waals surface area contributed by atoms with Crippen molar-refractivity contribution in [3.05, 3.63) is 53.4 Å². The van der Waals surface area contributed by atoms with Crippen molar-refractivity contribution >= 4 is 38.4 Å². The highest BCUT2D eigenvalue weighted by atomic mass is 31.2. The van der Waals surface area contributed by atoms with Crippen molar-refractivity contribution in [2.24, 2.45) is 0 Å². The summed E-state index contributed by atoms with van der Waals surface area (Å²) in [5.41, 5.74) is 1.65. The molecule has 0 amide bonds. The minimum atomic E-state index is -4.17. The molecule has 0 unspecified atom stereocenters. The molecule has 0 bridgehead atoms. The summed E-state index contributed by atoms with van der Waals surface area (Å²) in [5.74, 6) is -0.158. The first-order valence-electron chi connectivity index (χ1n) is 15.1. The van der Waals surface area contributed by atoms with Gasteiger partial charge in [0.25, 0.3) is 0 Å². The molecular formula is C31H42N2O11P2. The molecule has 15 heteroatoms. The second kappa shape index (κ2) is 15.6. The van der Waals surface area contributed by atoms with E-state index >= 15 is 0 Å². The zero-order valence-electron chi connectivity index (χ0n) is 27.3. The fourth-order valence-electron chi connectivity index (χ4n) is 4.87. The summed E-state index contributed by atoms with van der Waals surface area (Å²) in [6, 6.07) is 8.38. The van der Waals surface area contributed by atoms with E-state index in [0.29, 0.717) is 5.75 Å². The van der Waals surface area contributed by atoms with E-state index in [1.165, 1.54) is 12.1 Å². The van der Waals surface area contributed by atoms with E-state index in [-0.39, 0.29) is 55.0 Å². The highest BCUT2D eigenvalue weighted by molar-refractivity contribution is 7.49. The summed E-state index contributed by atoms with van der Waals surface area (Å²) in [4.78, 5) is 16.0. The van der Waals surface area contributed by atoms with Gasteiger partial charge < -0.3 is 28.0 Å². The van der Waals surface area contributed by atoms with Crippen molar-refractivity contribution in [1.82, 2.24) is 9.47 Å². The van der Waals surface area contributed by atoms with Crippen LogP contribution in [0, 0.1) is 0 Å². The van der Waals surface area contributed by atoms with Gasteiger partial charge in [-0.2, -0.15) is 0 Å². The average molecular weight is 681 g/mol. The number of carbonyl (C=O) groups is 1. The molecule has 1 aromatic heterocycles. The first-order chi connectivity index (χ1) is 22.0. The van der Waals surface area contributed by atoms with Crippen molar-refractivity contribution in [3.63, 3.8) is 0 Å². The van der Waals surface area contributed by atoms with Crippen LogP contribution in [0.25, 0.3) is 17.0 Å². The summed E-state index contributed by atoms with van der Waals surface area (Å²) < 4.78 is 72.8. The number of benzene rings is 2. The molecular weight excluding hydrogens is 638 g/mol. The molecule has 0 saturated carbocycles. The van der Waals surface area contributed by atoms with Crippen LogP contribution in [0.15, 0.2) is 42.3 Å². The second-order valence-electron chi connectivity index (χ2n) is 10.3. The summed E-state index contributed by atoms with van der Waals surface area (Å²) in [6.45, 7) is 8.30. The van der Waals surface area contributed by atoms with Crippen molar-refractivity contribution in [2.45, 2.75) is 40.7 Å². The Balaban J connectivity index is 1.80. The maximum Gasteiger partial charge on any atom is 0.530 e. The van der Waals surface area contributed by atoms with E-state index < -0.39 is 21.4 Å². The van der Waals surface area contributed by atoms with Crippen LogP contribution in [0.4, 0.5) is 0 Å². The number of allylic oxidation sites excluding steroid dienone is 1. The third-order valence-electron chi connectivity index (χ3n) is 6.70. The molecule has 0 saturated heterocycles. The highest BCUT2D eigenvalue weighted by Crippen LogP contribution is 2.55. The number of methoxy groups -OCH3 is 1. The minimum Gasteiger partial charge on any atom is -0.497 e. The first kappa shape index (κ1) is 35.7. The molecule has 0 atom stereocenters. The van der Waals surface area contributed by atoms with Gasteiger partial charge in [0.05, 0.1) is 33.5 Å². The van der Waals surface area contributed by atoms with Crippen LogP contribution in [0.3, 0.4) is 0 Å². The zero-order chi connectivity index (χ0) is 33.5. The summed E-state index contributed by atoms with van der Waals surface area (Å²) >= 11 is 0. The van der Waals surface area contributed by atoms with Gasteiger partial charge in [0, 0.05) is 41.3 Å². The lowest BCUT2D eigenvalue weighted by atomic mass is 10.1. The van der Waals surface area contributed by atoms with Gasteiger partial charge >= 0.3 is 15.6 Å². The van der Waals surface area contributed by atoms with E-state index in [2.05, 4.69) is 9.47 Å². The quantitative estimate of drug-likeness (QED) is 0.0983. The molecule has 0 aliphatic carbocycles. The number of rotatable bonds is 18. The van der Waals surface area contributed by atoms with Crippen molar-refractivity contribution in [3.8, 4) is 23.0 Å². The lowest BCUT2D eigenvalue weighted by Gasteiger charge is -2.20. The predicted molar refractivity (Wildman–Crippen MR) is 174 cm³/mol. The van der Waals surface area contributed by atoms with E-state index in [1.807, 2.05) is 38.5 Å². The fraction of sp³-hybridized carbons (Fsp3) is 0.452. The lowest BCUT2D eigenvalue weighted by Crippen LogP contribution is -2.14. The third-order valence-corrected chi connectivity index (χ3v) is 9.85. The topological polar surface area (TPSA) is 133 Å². The molecule has 252 valence electrons. The molecule has 4 rings (SSSR count). The van der Waals surface area contributed by atoms with Gasteiger partial charge in [-0.25, -0.2) is 9.13 Å². The van der Waals surface area contributed by atoms with Crippen LogP contribution in [0.2, 0.25) is 0 Å². The van der Waals surface area contributed by atoms with Gasteiger partial charge in [-0.15, -0.1) is 0 Å². The first-order valence-corrected chi connectivity index (χ1v) is 18.0. The minimum absolute atomic E-state index is 0.0111. The van der Waals surface area contributed by atoms with Crippen LogP contribution in [0.5, 0.6) is 23.0 Å². The average Bonchev–Trinajstić information content (AvgIpc) is 3.49. The van der Waals surface area contributed by atoms with E-state index in [9.17, 15) is 13.9 Å². The number of ether oxygens (including phenoxy) is 2. The van der Waals surface area contributed by atoms with Crippen molar-refractivity contribution in [2.75, 3.05) is 54.2 Å². The summed E-state index contributed by atoms with van der Waals surface area (Å²) in [7, 11) is -2.59. The molecule has 0 spiro atoms. The Morgan fingerprint density at radius 2 is 1.50 bits per heavy atom. The normalized spacial score (nSPS) is 14.3.